The summed E-state index contributed by atoms with van der Waals surface area (Å²) in [6.45, 7) is 3.18. The number of anilines is 1. The minimum absolute atomic E-state index is 0.0545. The Labute approximate surface area is 147 Å². The average molecular weight is 342 g/mol. The SMILES string of the molecule is CCOc1ccccc1N1CC(C(=O)N(C)Cc2ccco2)CC1=O. The molecule has 3 rings (SSSR count). The second-order valence-electron chi connectivity index (χ2n) is 6.08. The molecule has 1 aromatic carbocycles. The molecule has 6 heteroatoms. The Morgan fingerprint density at radius 2 is 2.12 bits per heavy atom. The smallest absolute Gasteiger partial charge is 0.228 e. The molecule has 1 atom stereocenters. The molecule has 0 bridgehead atoms. The minimum Gasteiger partial charge on any atom is -0.492 e. The van der Waals surface area contributed by atoms with Crippen molar-refractivity contribution in [2.75, 3.05) is 25.1 Å². The first-order chi connectivity index (χ1) is 12.1. The van der Waals surface area contributed by atoms with Gasteiger partial charge < -0.3 is 19.0 Å². The predicted octanol–water partition coefficient (Wildman–Crippen LogP) is 2.69. The van der Waals surface area contributed by atoms with Crippen LogP contribution in [-0.2, 0) is 16.1 Å². The maximum Gasteiger partial charge on any atom is 0.228 e. The Balaban J connectivity index is 1.71. The van der Waals surface area contributed by atoms with Crippen LogP contribution in [-0.4, -0.2) is 36.9 Å². The number of carbonyl (C=O) groups is 2. The zero-order chi connectivity index (χ0) is 17.8. The van der Waals surface area contributed by atoms with Gasteiger partial charge in [-0.05, 0) is 31.2 Å². The Morgan fingerprint density at radius 1 is 1.32 bits per heavy atom. The highest BCUT2D eigenvalue weighted by molar-refractivity contribution is 6.01. The Morgan fingerprint density at radius 3 is 2.84 bits per heavy atom. The molecule has 25 heavy (non-hydrogen) atoms. The van der Waals surface area contributed by atoms with Crippen LogP contribution in [0.2, 0.25) is 0 Å². The van der Waals surface area contributed by atoms with Gasteiger partial charge in [0.1, 0.15) is 11.5 Å². The topological polar surface area (TPSA) is 63.0 Å². The van der Waals surface area contributed by atoms with E-state index in [0.29, 0.717) is 25.4 Å². The standard InChI is InChI=1S/C19H22N2O4/c1-3-24-17-9-5-4-8-16(17)21-12-14(11-18(21)22)19(23)20(2)13-15-7-6-10-25-15/h4-10,14H,3,11-13H2,1-2H3. The highest BCUT2D eigenvalue weighted by Gasteiger charge is 2.37. The van der Waals surface area contributed by atoms with Crippen molar-refractivity contribution >= 4 is 17.5 Å². The highest BCUT2D eigenvalue weighted by Crippen LogP contribution is 2.33. The number of hydrogen-bond acceptors (Lipinski definition) is 4. The molecule has 2 amide bonds. The van der Waals surface area contributed by atoms with Crippen molar-refractivity contribution in [3.05, 3.63) is 48.4 Å². The zero-order valence-corrected chi connectivity index (χ0v) is 14.5. The van der Waals surface area contributed by atoms with Crippen LogP contribution in [0.1, 0.15) is 19.1 Å². The molecule has 1 aromatic heterocycles. The van der Waals surface area contributed by atoms with E-state index in [4.69, 9.17) is 9.15 Å². The molecule has 1 aliphatic heterocycles. The van der Waals surface area contributed by atoms with E-state index in [1.165, 1.54) is 0 Å². The number of para-hydroxylation sites is 2. The van der Waals surface area contributed by atoms with Crippen LogP contribution >= 0.6 is 0 Å². The van der Waals surface area contributed by atoms with Crippen LogP contribution in [0.5, 0.6) is 5.75 Å². The fourth-order valence-electron chi connectivity index (χ4n) is 3.09. The summed E-state index contributed by atoms with van der Waals surface area (Å²) in [5.41, 5.74) is 0.721. The van der Waals surface area contributed by atoms with Gasteiger partial charge in [-0.1, -0.05) is 12.1 Å². The van der Waals surface area contributed by atoms with Crippen LogP contribution in [0.3, 0.4) is 0 Å². The summed E-state index contributed by atoms with van der Waals surface area (Å²) >= 11 is 0. The summed E-state index contributed by atoms with van der Waals surface area (Å²) in [5.74, 6) is 0.911. The number of hydrogen-bond donors (Lipinski definition) is 0. The maximum atomic E-state index is 12.7. The fourth-order valence-corrected chi connectivity index (χ4v) is 3.09. The summed E-state index contributed by atoms with van der Waals surface area (Å²) in [5, 5.41) is 0. The van der Waals surface area contributed by atoms with Crippen molar-refractivity contribution in [1.29, 1.82) is 0 Å². The predicted molar refractivity (Wildman–Crippen MR) is 93.3 cm³/mol. The number of rotatable bonds is 6. The van der Waals surface area contributed by atoms with Crippen molar-refractivity contribution in [2.45, 2.75) is 19.9 Å². The first kappa shape index (κ1) is 17.1. The molecule has 1 fully saturated rings. The second-order valence-corrected chi connectivity index (χ2v) is 6.08. The van der Waals surface area contributed by atoms with Crippen LogP contribution < -0.4 is 9.64 Å². The van der Waals surface area contributed by atoms with Gasteiger partial charge in [0.2, 0.25) is 11.8 Å². The van der Waals surface area contributed by atoms with Crippen molar-refractivity contribution in [3.63, 3.8) is 0 Å². The van der Waals surface area contributed by atoms with E-state index < -0.39 is 0 Å². The van der Waals surface area contributed by atoms with Gasteiger partial charge in [-0.25, -0.2) is 0 Å². The number of carbonyl (C=O) groups excluding carboxylic acids is 2. The molecule has 132 valence electrons. The van der Waals surface area contributed by atoms with Gasteiger partial charge in [0, 0.05) is 20.0 Å². The molecule has 2 heterocycles. The quantitative estimate of drug-likeness (QED) is 0.810. The number of ether oxygens (including phenoxy) is 1. The summed E-state index contributed by atoms with van der Waals surface area (Å²) in [6.07, 6.45) is 1.79. The van der Waals surface area contributed by atoms with E-state index in [-0.39, 0.29) is 24.2 Å². The maximum absolute atomic E-state index is 12.7. The molecule has 2 aromatic rings. The van der Waals surface area contributed by atoms with Crippen molar-refractivity contribution in [2.24, 2.45) is 5.92 Å². The number of furan rings is 1. The van der Waals surface area contributed by atoms with E-state index in [9.17, 15) is 9.59 Å². The lowest BCUT2D eigenvalue weighted by atomic mass is 10.1. The fraction of sp³-hybridized carbons (Fsp3) is 0.368. The molecule has 0 N–H and O–H groups in total. The van der Waals surface area contributed by atoms with Gasteiger partial charge in [0.15, 0.2) is 0 Å². The first-order valence-electron chi connectivity index (χ1n) is 8.39. The molecule has 1 aliphatic rings. The largest absolute Gasteiger partial charge is 0.492 e. The van der Waals surface area contributed by atoms with Crippen LogP contribution in [0.25, 0.3) is 0 Å². The van der Waals surface area contributed by atoms with E-state index >= 15 is 0 Å². The second kappa shape index (κ2) is 7.42. The molecule has 0 aliphatic carbocycles. The van der Waals surface area contributed by atoms with E-state index in [1.54, 1.807) is 29.2 Å². The van der Waals surface area contributed by atoms with E-state index in [2.05, 4.69) is 0 Å². The molecular formula is C19H22N2O4. The summed E-state index contributed by atoms with van der Waals surface area (Å²) in [6, 6.07) is 11.0. The van der Waals surface area contributed by atoms with Crippen molar-refractivity contribution in [1.82, 2.24) is 4.90 Å². The first-order valence-corrected chi connectivity index (χ1v) is 8.39. The normalized spacial score (nSPS) is 17.0. The Kier molecular flexibility index (Phi) is 5.07. The molecule has 6 nitrogen and oxygen atoms in total. The molecule has 0 saturated carbocycles. The van der Waals surface area contributed by atoms with Crippen LogP contribution in [0, 0.1) is 5.92 Å². The molecular weight excluding hydrogens is 320 g/mol. The van der Waals surface area contributed by atoms with Gasteiger partial charge in [0.05, 0.1) is 31.0 Å². The third kappa shape index (κ3) is 3.68. The van der Waals surface area contributed by atoms with Gasteiger partial charge >= 0.3 is 0 Å². The summed E-state index contributed by atoms with van der Waals surface area (Å²) in [4.78, 5) is 28.4. The lowest BCUT2D eigenvalue weighted by molar-refractivity contribution is -0.135. The van der Waals surface area contributed by atoms with Crippen molar-refractivity contribution in [3.8, 4) is 5.75 Å². The molecule has 1 saturated heterocycles. The number of benzene rings is 1. The third-order valence-electron chi connectivity index (χ3n) is 4.28. The van der Waals surface area contributed by atoms with Gasteiger partial charge in [-0.2, -0.15) is 0 Å². The van der Waals surface area contributed by atoms with Gasteiger partial charge in [-0.15, -0.1) is 0 Å². The van der Waals surface area contributed by atoms with Crippen molar-refractivity contribution < 1.29 is 18.7 Å². The highest BCUT2D eigenvalue weighted by atomic mass is 16.5. The number of nitrogens with zero attached hydrogens (tertiary/aromatic N) is 2. The van der Waals surface area contributed by atoms with E-state index in [0.717, 1.165) is 11.4 Å². The van der Waals surface area contributed by atoms with Crippen LogP contribution in [0.4, 0.5) is 5.69 Å². The van der Waals surface area contributed by atoms with Gasteiger partial charge in [-0.3, -0.25) is 9.59 Å². The average Bonchev–Trinajstić information content (AvgIpc) is 3.24. The van der Waals surface area contributed by atoms with Gasteiger partial charge in [0.25, 0.3) is 0 Å². The lowest BCUT2D eigenvalue weighted by Gasteiger charge is -2.22. The lowest BCUT2D eigenvalue weighted by Crippen LogP contribution is -2.34. The van der Waals surface area contributed by atoms with Crippen LogP contribution in [0.15, 0.2) is 47.1 Å². The summed E-state index contributed by atoms with van der Waals surface area (Å²) < 4.78 is 10.9. The number of amides is 2. The Bertz CT molecular complexity index is 742. The summed E-state index contributed by atoms with van der Waals surface area (Å²) in [7, 11) is 1.73. The third-order valence-corrected chi connectivity index (χ3v) is 4.28. The molecule has 1 unspecified atom stereocenters. The molecule has 0 radical (unpaired) electrons. The monoisotopic (exact) mass is 342 g/mol. The van der Waals surface area contributed by atoms with E-state index in [1.807, 2.05) is 37.3 Å². The zero-order valence-electron chi connectivity index (χ0n) is 14.5. The minimum atomic E-state index is -0.359. The Hall–Kier alpha value is -2.76. The molecule has 0 spiro atoms.